The summed E-state index contributed by atoms with van der Waals surface area (Å²) in [6.07, 6.45) is 7.95. The van der Waals surface area contributed by atoms with E-state index in [1.165, 1.54) is 5.57 Å². The fourth-order valence-electron chi connectivity index (χ4n) is 4.70. The van der Waals surface area contributed by atoms with Gasteiger partial charge in [0.15, 0.2) is 6.61 Å². The number of nitrogens with zero attached hydrogens (tertiary/aromatic N) is 2. The lowest BCUT2D eigenvalue weighted by Crippen LogP contribution is -2.38. The molecular weight excluding hydrogens is 400 g/mol. The van der Waals surface area contributed by atoms with E-state index >= 15 is 0 Å². The van der Waals surface area contributed by atoms with E-state index in [-0.39, 0.29) is 12.5 Å². The van der Waals surface area contributed by atoms with E-state index in [0.29, 0.717) is 36.0 Å². The van der Waals surface area contributed by atoms with Crippen LogP contribution in [0.2, 0.25) is 0 Å². The van der Waals surface area contributed by atoms with Gasteiger partial charge in [-0.1, -0.05) is 43.7 Å². The molecule has 6 nitrogen and oxygen atoms in total. The number of imidazole rings is 1. The lowest BCUT2D eigenvalue weighted by Gasteiger charge is -2.37. The van der Waals surface area contributed by atoms with E-state index in [0.717, 1.165) is 29.7 Å². The molecule has 4 rings (SSSR count). The Morgan fingerprint density at radius 1 is 1.25 bits per heavy atom. The molecule has 0 saturated heterocycles. The van der Waals surface area contributed by atoms with Crippen LogP contribution in [0, 0.1) is 23.7 Å². The first-order valence-corrected chi connectivity index (χ1v) is 11.4. The number of para-hydroxylation sites is 1. The van der Waals surface area contributed by atoms with Crippen molar-refractivity contribution in [3.05, 3.63) is 66.3 Å². The Kier molecular flexibility index (Phi) is 6.88. The van der Waals surface area contributed by atoms with Crippen molar-refractivity contribution in [2.75, 3.05) is 13.2 Å². The average molecular weight is 433 g/mol. The van der Waals surface area contributed by atoms with Crippen molar-refractivity contribution in [1.82, 2.24) is 20.3 Å². The number of hydrogen-bond donors (Lipinski definition) is 2. The molecule has 1 aliphatic rings. The van der Waals surface area contributed by atoms with Gasteiger partial charge in [0, 0.05) is 19.2 Å². The molecule has 3 aromatic rings. The molecule has 0 aliphatic heterocycles. The van der Waals surface area contributed by atoms with Gasteiger partial charge in [0.05, 0.1) is 17.2 Å². The summed E-state index contributed by atoms with van der Waals surface area (Å²) in [4.78, 5) is 24.7. The monoisotopic (exact) mass is 432 g/mol. The van der Waals surface area contributed by atoms with E-state index in [9.17, 15) is 4.79 Å². The van der Waals surface area contributed by atoms with Crippen molar-refractivity contribution in [2.45, 2.75) is 33.6 Å². The van der Waals surface area contributed by atoms with Crippen LogP contribution in [0.1, 0.15) is 33.0 Å². The summed E-state index contributed by atoms with van der Waals surface area (Å²) in [6.45, 7) is 7.43. The highest BCUT2D eigenvalue weighted by molar-refractivity contribution is 5.77. The van der Waals surface area contributed by atoms with E-state index in [1.807, 2.05) is 42.6 Å². The molecule has 32 heavy (non-hydrogen) atoms. The summed E-state index contributed by atoms with van der Waals surface area (Å²) in [5.74, 6) is 3.45. The van der Waals surface area contributed by atoms with Crippen LogP contribution in [-0.2, 0) is 11.2 Å². The third-order valence-corrected chi connectivity index (χ3v) is 6.50. The fourth-order valence-corrected chi connectivity index (χ4v) is 4.70. The minimum absolute atomic E-state index is 0.0370. The first-order chi connectivity index (χ1) is 15.5. The summed E-state index contributed by atoms with van der Waals surface area (Å²) in [5, 5.41) is 3.08. The van der Waals surface area contributed by atoms with Crippen molar-refractivity contribution in [2.24, 2.45) is 23.7 Å². The quantitative estimate of drug-likeness (QED) is 0.512. The van der Waals surface area contributed by atoms with Crippen molar-refractivity contribution >= 4 is 16.9 Å². The second-order valence-electron chi connectivity index (χ2n) is 9.10. The number of hydrogen-bond acceptors (Lipinski definition) is 4. The number of aromatic amines is 1. The van der Waals surface area contributed by atoms with Gasteiger partial charge in [-0.25, -0.2) is 4.98 Å². The zero-order chi connectivity index (χ0) is 22.5. The largest absolute Gasteiger partial charge is 0.484 e. The minimum Gasteiger partial charge on any atom is -0.484 e. The summed E-state index contributed by atoms with van der Waals surface area (Å²) in [5.41, 5.74) is 3.32. The lowest BCUT2D eigenvalue weighted by molar-refractivity contribution is -0.123. The van der Waals surface area contributed by atoms with Gasteiger partial charge < -0.3 is 15.0 Å². The standard InChI is InChI=1S/C26H32N4O2/c1-17(2)22-12-19(13-25-29-23-9-10-27-15-24(23)30-25)18(3)11-20(22)14-28-26(31)16-32-21-7-5-4-6-8-21/h4-11,15,17,19-20,22H,12-14,16H2,1-3H3,(H,28,31)(H,29,30)/t19-,20-,22-/m0/s1. The Morgan fingerprint density at radius 2 is 2.06 bits per heavy atom. The molecule has 0 bridgehead atoms. The van der Waals surface area contributed by atoms with Crippen LogP contribution in [0.4, 0.5) is 0 Å². The Balaban J connectivity index is 1.37. The average Bonchev–Trinajstić information content (AvgIpc) is 3.20. The highest BCUT2D eigenvalue weighted by Gasteiger charge is 2.32. The SMILES string of the molecule is CC1=C[C@@H](CNC(=O)COc2ccccc2)[C@H](C(C)C)C[C@H]1Cc1nc2ccncc2[nH]1. The van der Waals surface area contributed by atoms with Crippen LogP contribution in [-0.4, -0.2) is 34.0 Å². The van der Waals surface area contributed by atoms with Crippen LogP contribution in [0.3, 0.4) is 0 Å². The summed E-state index contributed by atoms with van der Waals surface area (Å²) in [7, 11) is 0. The van der Waals surface area contributed by atoms with Crippen LogP contribution in [0.25, 0.3) is 11.0 Å². The molecule has 0 radical (unpaired) electrons. The number of carbonyl (C=O) groups is 1. The minimum atomic E-state index is -0.0829. The second kappa shape index (κ2) is 9.98. The molecule has 0 fully saturated rings. The van der Waals surface area contributed by atoms with Gasteiger partial charge in [-0.15, -0.1) is 0 Å². The molecule has 0 spiro atoms. The number of fused-ring (bicyclic) bond motifs is 1. The van der Waals surface area contributed by atoms with Gasteiger partial charge in [-0.2, -0.15) is 0 Å². The Bertz CT molecular complexity index is 1040. The molecular formula is C26H32N4O2. The molecule has 0 unspecified atom stereocenters. The van der Waals surface area contributed by atoms with Crippen LogP contribution >= 0.6 is 0 Å². The van der Waals surface area contributed by atoms with Crippen molar-refractivity contribution in [3.8, 4) is 5.75 Å². The molecule has 2 aromatic heterocycles. The first kappa shape index (κ1) is 22.1. The van der Waals surface area contributed by atoms with Gasteiger partial charge in [0.25, 0.3) is 5.91 Å². The molecule has 0 saturated carbocycles. The molecule has 6 heteroatoms. The Morgan fingerprint density at radius 3 is 2.81 bits per heavy atom. The number of benzene rings is 1. The van der Waals surface area contributed by atoms with Crippen molar-refractivity contribution < 1.29 is 9.53 Å². The normalized spacial score (nSPS) is 20.9. The number of rotatable bonds is 8. The Hall–Kier alpha value is -3.15. The third-order valence-electron chi connectivity index (χ3n) is 6.50. The fraction of sp³-hybridized carbons (Fsp3) is 0.423. The van der Waals surface area contributed by atoms with Crippen LogP contribution < -0.4 is 10.1 Å². The second-order valence-corrected chi connectivity index (χ2v) is 9.10. The maximum Gasteiger partial charge on any atom is 0.257 e. The number of pyridine rings is 1. The van der Waals surface area contributed by atoms with Gasteiger partial charge >= 0.3 is 0 Å². The number of aromatic nitrogens is 3. The molecule has 168 valence electrons. The van der Waals surface area contributed by atoms with E-state index in [1.54, 1.807) is 6.20 Å². The van der Waals surface area contributed by atoms with Gasteiger partial charge in [-0.3, -0.25) is 9.78 Å². The molecule has 3 atom stereocenters. The third kappa shape index (κ3) is 5.36. The van der Waals surface area contributed by atoms with Crippen LogP contribution in [0.15, 0.2) is 60.4 Å². The van der Waals surface area contributed by atoms with Crippen LogP contribution in [0.5, 0.6) is 5.75 Å². The number of allylic oxidation sites excluding steroid dienone is 1. The van der Waals surface area contributed by atoms with E-state index < -0.39 is 0 Å². The van der Waals surface area contributed by atoms with E-state index in [2.05, 4.69) is 42.1 Å². The maximum atomic E-state index is 12.3. The van der Waals surface area contributed by atoms with Crippen molar-refractivity contribution in [3.63, 3.8) is 0 Å². The lowest BCUT2D eigenvalue weighted by atomic mass is 9.70. The highest BCUT2D eigenvalue weighted by atomic mass is 16.5. The van der Waals surface area contributed by atoms with Gasteiger partial charge in [0.2, 0.25) is 0 Å². The van der Waals surface area contributed by atoms with Gasteiger partial charge in [0.1, 0.15) is 11.6 Å². The summed E-state index contributed by atoms with van der Waals surface area (Å²) < 4.78 is 5.57. The molecule has 1 aliphatic carbocycles. The maximum absolute atomic E-state index is 12.3. The zero-order valence-electron chi connectivity index (χ0n) is 19.0. The summed E-state index contributed by atoms with van der Waals surface area (Å²) in [6, 6.07) is 11.4. The Labute approximate surface area is 189 Å². The number of H-pyrrole nitrogens is 1. The first-order valence-electron chi connectivity index (χ1n) is 11.4. The molecule has 1 aromatic carbocycles. The zero-order valence-corrected chi connectivity index (χ0v) is 19.0. The van der Waals surface area contributed by atoms with E-state index in [4.69, 9.17) is 9.72 Å². The topological polar surface area (TPSA) is 79.9 Å². The van der Waals surface area contributed by atoms with Gasteiger partial charge in [-0.05, 0) is 55.2 Å². The predicted octanol–water partition coefficient (Wildman–Crippen LogP) is 4.55. The molecule has 2 heterocycles. The number of amides is 1. The highest BCUT2D eigenvalue weighted by Crippen LogP contribution is 2.38. The number of nitrogens with one attached hydrogen (secondary N) is 2. The van der Waals surface area contributed by atoms with Crippen molar-refractivity contribution in [1.29, 1.82) is 0 Å². The predicted molar refractivity (Wildman–Crippen MR) is 126 cm³/mol. The smallest absolute Gasteiger partial charge is 0.257 e. The molecule has 2 N–H and O–H groups in total. The molecule has 1 amide bonds. The number of ether oxygens (including phenoxy) is 1. The summed E-state index contributed by atoms with van der Waals surface area (Å²) >= 11 is 0. The number of carbonyl (C=O) groups excluding carboxylic acids is 1.